The number of anilines is 1. The topological polar surface area (TPSA) is 92.3 Å². The van der Waals surface area contributed by atoms with Gasteiger partial charge in [-0.1, -0.05) is 6.07 Å². The summed E-state index contributed by atoms with van der Waals surface area (Å²) in [6.45, 7) is 2.71. The minimum absolute atomic E-state index is 0. The van der Waals surface area contributed by atoms with E-state index in [2.05, 4.69) is 20.9 Å². The SMILES string of the molecule is CNCCCC(=O)Nc1ccc(C)c(Oc2ccnc(C(=O)NC)c2)c1.Cl.Cl. The number of aromatic nitrogens is 1. The van der Waals surface area contributed by atoms with E-state index in [0.717, 1.165) is 18.5 Å². The summed E-state index contributed by atoms with van der Waals surface area (Å²) < 4.78 is 5.88. The van der Waals surface area contributed by atoms with Crippen molar-refractivity contribution in [2.24, 2.45) is 0 Å². The van der Waals surface area contributed by atoms with Gasteiger partial charge in [0, 0.05) is 37.5 Å². The van der Waals surface area contributed by atoms with Crippen LogP contribution in [0.15, 0.2) is 36.5 Å². The molecule has 3 N–H and O–H groups in total. The zero-order valence-corrected chi connectivity index (χ0v) is 17.7. The van der Waals surface area contributed by atoms with E-state index in [-0.39, 0.29) is 42.3 Å². The molecule has 2 rings (SSSR count). The molecule has 9 heteroatoms. The maximum absolute atomic E-state index is 12.0. The fourth-order valence-electron chi connectivity index (χ4n) is 2.29. The van der Waals surface area contributed by atoms with Gasteiger partial charge in [-0.15, -0.1) is 24.8 Å². The highest BCUT2D eigenvalue weighted by Crippen LogP contribution is 2.28. The molecule has 154 valence electrons. The minimum atomic E-state index is -0.283. The average molecular weight is 429 g/mol. The van der Waals surface area contributed by atoms with Crippen LogP contribution in [0.5, 0.6) is 11.5 Å². The molecule has 1 heterocycles. The Morgan fingerprint density at radius 2 is 1.86 bits per heavy atom. The summed E-state index contributed by atoms with van der Waals surface area (Å²) in [5.74, 6) is 0.780. The molecule has 0 atom stereocenters. The van der Waals surface area contributed by atoms with Gasteiger partial charge in [-0.2, -0.15) is 0 Å². The van der Waals surface area contributed by atoms with Crippen molar-refractivity contribution >= 4 is 42.3 Å². The fourth-order valence-corrected chi connectivity index (χ4v) is 2.29. The van der Waals surface area contributed by atoms with Crippen LogP contribution >= 0.6 is 24.8 Å². The average Bonchev–Trinajstić information content (AvgIpc) is 2.64. The molecule has 28 heavy (non-hydrogen) atoms. The van der Waals surface area contributed by atoms with Gasteiger partial charge in [-0.25, -0.2) is 0 Å². The summed E-state index contributed by atoms with van der Waals surface area (Å²) in [7, 11) is 3.40. The van der Waals surface area contributed by atoms with E-state index in [0.29, 0.717) is 23.6 Å². The molecule has 0 saturated carbocycles. The number of carbonyl (C=O) groups excluding carboxylic acids is 2. The maximum Gasteiger partial charge on any atom is 0.269 e. The molecule has 0 aliphatic carbocycles. The lowest BCUT2D eigenvalue weighted by Gasteiger charge is -2.12. The summed E-state index contributed by atoms with van der Waals surface area (Å²) >= 11 is 0. The highest BCUT2D eigenvalue weighted by molar-refractivity contribution is 5.92. The Morgan fingerprint density at radius 1 is 1.11 bits per heavy atom. The van der Waals surface area contributed by atoms with Crippen LogP contribution in [0.2, 0.25) is 0 Å². The number of hydrogen-bond acceptors (Lipinski definition) is 5. The molecule has 0 bridgehead atoms. The van der Waals surface area contributed by atoms with Crippen molar-refractivity contribution in [1.29, 1.82) is 0 Å². The number of hydrogen-bond donors (Lipinski definition) is 3. The van der Waals surface area contributed by atoms with E-state index in [1.165, 1.54) is 6.20 Å². The first-order valence-corrected chi connectivity index (χ1v) is 8.44. The molecule has 0 saturated heterocycles. The Bertz CT molecular complexity index is 788. The van der Waals surface area contributed by atoms with Crippen molar-refractivity contribution in [3.63, 3.8) is 0 Å². The van der Waals surface area contributed by atoms with Crippen LogP contribution in [0.3, 0.4) is 0 Å². The largest absolute Gasteiger partial charge is 0.457 e. The first-order valence-electron chi connectivity index (χ1n) is 8.44. The van der Waals surface area contributed by atoms with Gasteiger partial charge in [0.25, 0.3) is 5.91 Å². The number of halogens is 2. The van der Waals surface area contributed by atoms with Gasteiger partial charge < -0.3 is 20.7 Å². The van der Waals surface area contributed by atoms with Crippen LogP contribution in [0.1, 0.15) is 28.9 Å². The molecule has 0 aliphatic rings. The van der Waals surface area contributed by atoms with Crippen LogP contribution < -0.4 is 20.7 Å². The first-order chi connectivity index (χ1) is 12.5. The molecule has 0 aliphatic heterocycles. The van der Waals surface area contributed by atoms with Crippen LogP contribution in [-0.2, 0) is 4.79 Å². The summed E-state index contributed by atoms with van der Waals surface area (Å²) in [6, 6.07) is 8.72. The molecule has 0 radical (unpaired) electrons. The minimum Gasteiger partial charge on any atom is -0.457 e. The molecule has 2 aromatic rings. The Balaban J connectivity index is 0.00000364. The Hall–Kier alpha value is -2.35. The molecular formula is C19H26Cl2N4O3. The molecule has 7 nitrogen and oxygen atoms in total. The first kappa shape index (κ1) is 25.6. The summed E-state index contributed by atoms with van der Waals surface area (Å²) in [4.78, 5) is 27.7. The van der Waals surface area contributed by atoms with E-state index in [9.17, 15) is 9.59 Å². The summed E-state index contributed by atoms with van der Waals surface area (Å²) in [6.07, 6.45) is 2.74. The molecule has 0 unspecified atom stereocenters. The normalized spacial score (nSPS) is 9.54. The molecule has 0 fully saturated rings. The number of nitrogens with one attached hydrogen (secondary N) is 3. The van der Waals surface area contributed by atoms with E-state index in [1.807, 2.05) is 26.1 Å². The number of nitrogens with zero attached hydrogens (tertiary/aromatic N) is 1. The predicted molar refractivity (Wildman–Crippen MR) is 115 cm³/mol. The van der Waals surface area contributed by atoms with Gasteiger partial charge in [0.15, 0.2) is 0 Å². The number of pyridine rings is 1. The third-order valence-corrected chi connectivity index (χ3v) is 3.72. The summed E-state index contributed by atoms with van der Waals surface area (Å²) in [5, 5.41) is 8.41. The zero-order chi connectivity index (χ0) is 18.9. The number of rotatable bonds is 8. The highest BCUT2D eigenvalue weighted by atomic mass is 35.5. The van der Waals surface area contributed by atoms with Gasteiger partial charge in [-0.3, -0.25) is 14.6 Å². The lowest BCUT2D eigenvalue weighted by molar-refractivity contribution is -0.116. The Labute approximate surface area is 177 Å². The number of amides is 2. The van der Waals surface area contributed by atoms with Crippen molar-refractivity contribution in [3.05, 3.63) is 47.8 Å². The quantitative estimate of drug-likeness (QED) is 0.560. The molecule has 1 aromatic carbocycles. The number of carbonyl (C=O) groups is 2. The second-order valence-electron chi connectivity index (χ2n) is 5.79. The lowest BCUT2D eigenvalue weighted by Crippen LogP contribution is -2.18. The third-order valence-electron chi connectivity index (χ3n) is 3.72. The van der Waals surface area contributed by atoms with Crippen LogP contribution in [0.4, 0.5) is 5.69 Å². The van der Waals surface area contributed by atoms with Gasteiger partial charge in [-0.05, 0) is 44.6 Å². The van der Waals surface area contributed by atoms with Crippen molar-refractivity contribution in [2.45, 2.75) is 19.8 Å². The molecule has 2 amide bonds. The van der Waals surface area contributed by atoms with Crippen LogP contribution in [-0.4, -0.2) is 37.4 Å². The number of aryl methyl sites for hydroxylation is 1. The van der Waals surface area contributed by atoms with E-state index >= 15 is 0 Å². The van der Waals surface area contributed by atoms with Crippen LogP contribution in [0, 0.1) is 6.92 Å². The zero-order valence-electron chi connectivity index (χ0n) is 16.1. The van der Waals surface area contributed by atoms with Crippen molar-refractivity contribution < 1.29 is 14.3 Å². The van der Waals surface area contributed by atoms with E-state index < -0.39 is 0 Å². The Kier molecular flexibility index (Phi) is 11.8. The number of benzene rings is 1. The van der Waals surface area contributed by atoms with Crippen molar-refractivity contribution in [1.82, 2.24) is 15.6 Å². The van der Waals surface area contributed by atoms with E-state index in [1.54, 1.807) is 25.2 Å². The van der Waals surface area contributed by atoms with Gasteiger partial charge >= 0.3 is 0 Å². The maximum atomic E-state index is 12.0. The van der Waals surface area contributed by atoms with Gasteiger partial charge in [0.2, 0.25) is 5.91 Å². The lowest BCUT2D eigenvalue weighted by atomic mass is 10.2. The van der Waals surface area contributed by atoms with Gasteiger partial charge in [0.1, 0.15) is 17.2 Å². The standard InChI is InChI=1S/C19H24N4O3.2ClH/c1-13-6-7-14(23-18(24)5-4-9-20-2)11-17(13)26-15-8-10-22-16(12-15)19(25)21-3;;/h6-8,10-12,20H,4-5,9H2,1-3H3,(H,21,25)(H,23,24);2*1H. The van der Waals surface area contributed by atoms with E-state index in [4.69, 9.17) is 4.74 Å². The highest BCUT2D eigenvalue weighted by Gasteiger charge is 2.09. The predicted octanol–water partition coefficient (Wildman–Crippen LogP) is 3.32. The third kappa shape index (κ3) is 7.72. The molecular weight excluding hydrogens is 403 g/mol. The summed E-state index contributed by atoms with van der Waals surface area (Å²) in [5.41, 5.74) is 1.86. The van der Waals surface area contributed by atoms with Crippen molar-refractivity contribution in [3.8, 4) is 11.5 Å². The molecule has 0 spiro atoms. The van der Waals surface area contributed by atoms with Crippen LogP contribution in [0.25, 0.3) is 0 Å². The smallest absolute Gasteiger partial charge is 0.269 e. The Morgan fingerprint density at radius 3 is 2.54 bits per heavy atom. The fraction of sp³-hybridized carbons (Fsp3) is 0.316. The second kappa shape index (κ2) is 12.9. The number of ether oxygens (including phenoxy) is 1. The van der Waals surface area contributed by atoms with Gasteiger partial charge in [0.05, 0.1) is 0 Å². The van der Waals surface area contributed by atoms with Crippen molar-refractivity contribution in [2.75, 3.05) is 26.0 Å². The second-order valence-corrected chi connectivity index (χ2v) is 5.79. The molecule has 1 aromatic heterocycles. The monoisotopic (exact) mass is 428 g/mol.